The molecular formula is C19H23Br2NO. The molecule has 0 aromatic heterocycles. The number of amides is 1. The molecule has 1 aromatic rings. The van der Waals surface area contributed by atoms with Gasteiger partial charge in [0.1, 0.15) is 0 Å². The Morgan fingerprint density at radius 1 is 1.26 bits per heavy atom. The molecule has 1 N–H and O–H groups in total. The molecule has 2 unspecified atom stereocenters. The zero-order valence-electron chi connectivity index (χ0n) is 13.5. The lowest BCUT2D eigenvalue weighted by Crippen LogP contribution is -2.53. The monoisotopic (exact) mass is 439 g/mol. The van der Waals surface area contributed by atoms with Crippen LogP contribution in [-0.2, 0) is 4.79 Å². The molecule has 4 bridgehead atoms. The molecule has 4 saturated carbocycles. The lowest BCUT2D eigenvalue weighted by Gasteiger charge is -2.60. The summed E-state index contributed by atoms with van der Waals surface area (Å²) in [5.74, 6) is 1.83. The minimum atomic E-state index is 0.174. The van der Waals surface area contributed by atoms with Crippen LogP contribution >= 0.6 is 31.9 Å². The van der Waals surface area contributed by atoms with Crippen LogP contribution < -0.4 is 5.32 Å². The smallest absolute Gasteiger partial charge is 0.224 e. The van der Waals surface area contributed by atoms with Crippen LogP contribution in [0.25, 0.3) is 0 Å². The second-order valence-corrected chi connectivity index (χ2v) is 10.9. The normalized spacial score (nSPS) is 37.9. The van der Waals surface area contributed by atoms with E-state index in [4.69, 9.17) is 0 Å². The highest BCUT2D eigenvalue weighted by Crippen LogP contribution is 2.65. The van der Waals surface area contributed by atoms with Crippen molar-refractivity contribution in [1.82, 2.24) is 0 Å². The maximum absolute atomic E-state index is 12.7. The minimum absolute atomic E-state index is 0.174. The molecule has 0 heterocycles. The quantitative estimate of drug-likeness (QED) is 0.589. The topological polar surface area (TPSA) is 29.1 Å². The zero-order valence-corrected chi connectivity index (χ0v) is 16.7. The highest BCUT2D eigenvalue weighted by molar-refractivity contribution is 9.10. The second-order valence-electron chi connectivity index (χ2n) is 8.32. The summed E-state index contributed by atoms with van der Waals surface area (Å²) in [5, 5.41) is 3.12. The van der Waals surface area contributed by atoms with Gasteiger partial charge in [-0.2, -0.15) is 0 Å². The second kappa shape index (κ2) is 5.59. The summed E-state index contributed by atoms with van der Waals surface area (Å²) in [6.45, 7) is 2.06. The van der Waals surface area contributed by atoms with Gasteiger partial charge < -0.3 is 5.32 Å². The first-order valence-corrected chi connectivity index (χ1v) is 10.2. The van der Waals surface area contributed by atoms with Crippen LogP contribution in [0.1, 0.15) is 50.5 Å². The third kappa shape index (κ3) is 3.13. The van der Waals surface area contributed by atoms with Gasteiger partial charge in [0.25, 0.3) is 0 Å². The zero-order chi connectivity index (χ0) is 16.2. The molecule has 124 valence electrons. The van der Waals surface area contributed by atoms with Crippen molar-refractivity contribution < 1.29 is 4.79 Å². The number of nitrogens with one attached hydrogen (secondary N) is 1. The summed E-state index contributed by atoms with van der Waals surface area (Å²) >= 11 is 7.58. The van der Waals surface area contributed by atoms with E-state index in [0.717, 1.165) is 22.0 Å². The lowest BCUT2D eigenvalue weighted by atomic mass is 9.48. The number of carbonyl (C=O) groups is 1. The van der Waals surface area contributed by atoms with Crippen LogP contribution in [0.5, 0.6) is 0 Å². The Morgan fingerprint density at radius 2 is 1.96 bits per heavy atom. The van der Waals surface area contributed by atoms with Crippen molar-refractivity contribution in [2.24, 2.45) is 17.3 Å². The molecule has 0 spiro atoms. The maximum Gasteiger partial charge on any atom is 0.224 e. The van der Waals surface area contributed by atoms with Gasteiger partial charge in [0.2, 0.25) is 5.91 Å². The summed E-state index contributed by atoms with van der Waals surface area (Å²) in [4.78, 5) is 12.7. The Balaban J connectivity index is 1.48. The van der Waals surface area contributed by atoms with Gasteiger partial charge in [-0.1, -0.05) is 22.0 Å². The fraction of sp³-hybridized carbons (Fsp3) is 0.632. The van der Waals surface area contributed by atoms with E-state index >= 15 is 0 Å². The molecule has 0 saturated heterocycles. The Morgan fingerprint density at radius 3 is 2.57 bits per heavy atom. The van der Waals surface area contributed by atoms with E-state index in [0.29, 0.717) is 10.7 Å². The van der Waals surface area contributed by atoms with Gasteiger partial charge in [-0.05, 0) is 96.3 Å². The molecule has 4 aliphatic carbocycles. The van der Waals surface area contributed by atoms with Gasteiger partial charge in [-0.3, -0.25) is 4.79 Å². The van der Waals surface area contributed by atoms with Gasteiger partial charge in [0.15, 0.2) is 0 Å². The Labute approximate surface area is 155 Å². The molecule has 1 aromatic carbocycles. The first-order valence-electron chi connectivity index (χ1n) is 8.60. The van der Waals surface area contributed by atoms with Crippen LogP contribution in [0, 0.1) is 24.2 Å². The number of hydrogen-bond acceptors (Lipinski definition) is 1. The van der Waals surface area contributed by atoms with Crippen molar-refractivity contribution in [2.45, 2.75) is 56.2 Å². The summed E-state index contributed by atoms with van der Waals surface area (Å²) < 4.78 is 1.29. The molecule has 23 heavy (non-hydrogen) atoms. The van der Waals surface area contributed by atoms with Crippen molar-refractivity contribution >= 4 is 43.5 Å². The number of aryl methyl sites for hydroxylation is 1. The molecule has 1 amide bonds. The lowest BCUT2D eigenvalue weighted by molar-refractivity contribution is -0.123. The average Bonchev–Trinajstić information content (AvgIpc) is 2.38. The molecule has 4 fully saturated rings. The van der Waals surface area contributed by atoms with Gasteiger partial charge in [0, 0.05) is 15.2 Å². The van der Waals surface area contributed by atoms with Crippen molar-refractivity contribution in [2.75, 3.05) is 5.32 Å². The first-order chi connectivity index (χ1) is 10.8. The van der Waals surface area contributed by atoms with E-state index in [9.17, 15) is 4.79 Å². The Hall–Kier alpha value is -0.350. The Kier molecular flexibility index (Phi) is 3.92. The van der Waals surface area contributed by atoms with Crippen molar-refractivity contribution in [3.05, 3.63) is 28.2 Å². The SMILES string of the molecule is Cc1ccc(NC(=O)CC23CC4CC(CC(Br)(C4)C2)C3)c(Br)c1. The third-order valence-corrected chi connectivity index (χ3v) is 7.63. The number of hydrogen-bond donors (Lipinski definition) is 1. The average molecular weight is 441 g/mol. The van der Waals surface area contributed by atoms with Crippen molar-refractivity contribution in [3.8, 4) is 0 Å². The van der Waals surface area contributed by atoms with E-state index in [-0.39, 0.29) is 11.3 Å². The molecule has 2 atom stereocenters. The maximum atomic E-state index is 12.7. The molecule has 4 aliphatic rings. The fourth-order valence-electron chi connectivity index (χ4n) is 5.80. The summed E-state index contributed by atoms with van der Waals surface area (Å²) in [6.07, 6.45) is 8.37. The highest BCUT2D eigenvalue weighted by atomic mass is 79.9. The molecule has 5 rings (SSSR count). The fourth-order valence-corrected chi connectivity index (χ4v) is 7.90. The van der Waals surface area contributed by atoms with E-state index in [1.54, 1.807) is 0 Å². The Bertz CT molecular complexity index is 643. The summed E-state index contributed by atoms with van der Waals surface area (Å²) in [5.41, 5.74) is 2.31. The van der Waals surface area contributed by atoms with Crippen molar-refractivity contribution in [3.63, 3.8) is 0 Å². The van der Waals surface area contributed by atoms with Gasteiger partial charge in [-0.15, -0.1) is 0 Å². The van der Waals surface area contributed by atoms with Crippen LogP contribution in [0.3, 0.4) is 0 Å². The highest BCUT2D eigenvalue weighted by Gasteiger charge is 2.57. The van der Waals surface area contributed by atoms with Gasteiger partial charge >= 0.3 is 0 Å². The number of anilines is 1. The van der Waals surface area contributed by atoms with Crippen LogP contribution in [0.15, 0.2) is 22.7 Å². The third-order valence-electron chi connectivity index (χ3n) is 6.05. The van der Waals surface area contributed by atoms with Gasteiger partial charge in [0.05, 0.1) is 5.69 Å². The van der Waals surface area contributed by atoms with E-state index in [1.807, 2.05) is 18.2 Å². The molecule has 0 aliphatic heterocycles. The molecule has 0 radical (unpaired) electrons. The van der Waals surface area contributed by atoms with Crippen LogP contribution in [0.2, 0.25) is 0 Å². The van der Waals surface area contributed by atoms with E-state index < -0.39 is 0 Å². The summed E-state index contributed by atoms with van der Waals surface area (Å²) in [7, 11) is 0. The number of rotatable bonds is 3. The van der Waals surface area contributed by atoms with E-state index in [2.05, 4.69) is 44.1 Å². The molecule has 2 nitrogen and oxygen atoms in total. The number of benzene rings is 1. The molecular weight excluding hydrogens is 418 g/mol. The number of halogens is 2. The van der Waals surface area contributed by atoms with E-state index in [1.165, 1.54) is 44.1 Å². The predicted molar refractivity (Wildman–Crippen MR) is 101 cm³/mol. The standard InChI is InChI=1S/C19H23Br2NO/c1-12-2-3-16(15(20)4-12)22-17(23)10-18-6-13-5-14(7-18)9-19(21,8-13)11-18/h2-4,13-14H,5-11H2,1H3,(H,22,23). The largest absolute Gasteiger partial charge is 0.325 e. The van der Waals surface area contributed by atoms with Gasteiger partial charge in [-0.25, -0.2) is 0 Å². The number of alkyl halides is 1. The minimum Gasteiger partial charge on any atom is -0.325 e. The van der Waals surface area contributed by atoms with Crippen LogP contribution in [-0.4, -0.2) is 10.2 Å². The van der Waals surface area contributed by atoms with Crippen molar-refractivity contribution in [1.29, 1.82) is 0 Å². The predicted octanol–water partition coefficient (Wildman–Crippen LogP) is 5.82. The molecule has 4 heteroatoms. The summed E-state index contributed by atoms with van der Waals surface area (Å²) in [6, 6.07) is 6.08. The number of carbonyl (C=O) groups excluding carboxylic acids is 1. The van der Waals surface area contributed by atoms with Crippen LogP contribution in [0.4, 0.5) is 5.69 Å². The first kappa shape index (κ1) is 16.1.